The minimum atomic E-state index is -0.598. The average molecular weight is 226 g/mol. The van der Waals surface area contributed by atoms with E-state index in [9.17, 15) is 8.78 Å². The summed E-state index contributed by atoms with van der Waals surface area (Å²) in [5.74, 6) is -1.20. The van der Waals surface area contributed by atoms with Gasteiger partial charge in [0.05, 0.1) is 11.2 Å². The smallest absolute Gasteiger partial charge is 0.128 e. The number of nitrogens with zero attached hydrogens (tertiary/aromatic N) is 1. The first-order valence-corrected chi connectivity index (χ1v) is 5.11. The summed E-state index contributed by atoms with van der Waals surface area (Å²) in [5.41, 5.74) is 0.385. The SMILES string of the molecule is Cc1ncc(Nc2cc(F)cc(F)c2)s1. The second-order valence-corrected chi connectivity index (χ2v) is 4.26. The number of halogens is 2. The van der Waals surface area contributed by atoms with Gasteiger partial charge >= 0.3 is 0 Å². The van der Waals surface area contributed by atoms with E-state index in [0.717, 1.165) is 16.1 Å². The number of thiazole rings is 1. The third kappa shape index (κ3) is 2.50. The Morgan fingerprint density at radius 1 is 1.20 bits per heavy atom. The van der Waals surface area contributed by atoms with Gasteiger partial charge in [-0.2, -0.15) is 0 Å². The molecule has 1 N–H and O–H groups in total. The highest BCUT2D eigenvalue weighted by Gasteiger charge is 2.02. The normalized spacial score (nSPS) is 10.3. The molecule has 0 radical (unpaired) electrons. The average Bonchev–Trinajstić information content (AvgIpc) is 2.49. The van der Waals surface area contributed by atoms with Crippen molar-refractivity contribution in [3.63, 3.8) is 0 Å². The zero-order valence-corrected chi connectivity index (χ0v) is 8.74. The lowest BCUT2D eigenvalue weighted by Crippen LogP contribution is -1.89. The zero-order valence-electron chi connectivity index (χ0n) is 7.92. The molecule has 0 bridgehead atoms. The second-order valence-electron chi connectivity index (χ2n) is 3.03. The first-order valence-electron chi connectivity index (χ1n) is 4.29. The van der Waals surface area contributed by atoms with Crippen LogP contribution in [0.15, 0.2) is 24.4 Å². The van der Waals surface area contributed by atoms with Crippen molar-refractivity contribution in [2.24, 2.45) is 0 Å². The summed E-state index contributed by atoms with van der Waals surface area (Å²) in [6.07, 6.45) is 1.63. The van der Waals surface area contributed by atoms with Crippen molar-refractivity contribution in [3.05, 3.63) is 41.0 Å². The fourth-order valence-electron chi connectivity index (χ4n) is 1.19. The zero-order chi connectivity index (χ0) is 10.8. The highest BCUT2D eigenvalue weighted by molar-refractivity contribution is 7.15. The minimum Gasteiger partial charge on any atom is -0.346 e. The predicted octanol–water partition coefficient (Wildman–Crippen LogP) is 3.47. The molecule has 2 rings (SSSR count). The molecule has 15 heavy (non-hydrogen) atoms. The molecule has 0 aliphatic heterocycles. The van der Waals surface area contributed by atoms with Gasteiger partial charge < -0.3 is 5.32 Å². The molecule has 2 aromatic rings. The van der Waals surface area contributed by atoms with Crippen molar-refractivity contribution in [2.45, 2.75) is 6.92 Å². The van der Waals surface area contributed by atoms with Crippen LogP contribution in [0.2, 0.25) is 0 Å². The summed E-state index contributed by atoms with van der Waals surface area (Å²) < 4.78 is 25.7. The molecule has 1 heterocycles. The monoisotopic (exact) mass is 226 g/mol. The van der Waals surface area contributed by atoms with Gasteiger partial charge in [0.25, 0.3) is 0 Å². The van der Waals surface area contributed by atoms with Crippen LogP contribution in [0, 0.1) is 18.6 Å². The van der Waals surface area contributed by atoms with Crippen LogP contribution >= 0.6 is 11.3 Å². The molecule has 0 atom stereocenters. The van der Waals surface area contributed by atoms with Gasteiger partial charge in [0, 0.05) is 11.8 Å². The molecule has 1 aromatic heterocycles. The van der Waals surface area contributed by atoms with Gasteiger partial charge in [-0.1, -0.05) is 0 Å². The molecule has 1 aromatic carbocycles. The summed E-state index contributed by atoms with van der Waals surface area (Å²) in [6, 6.07) is 3.30. The highest BCUT2D eigenvalue weighted by Crippen LogP contribution is 2.23. The molecule has 0 saturated carbocycles. The summed E-state index contributed by atoms with van der Waals surface area (Å²) in [6.45, 7) is 1.86. The van der Waals surface area contributed by atoms with Crippen LogP contribution in [-0.4, -0.2) is 4.98 Å². The van der Waals surface area contributed by atoms with Crippen LogP contribution in [0.4, 0.5) is 19.5 Å². The lowest BCUT2D eigenvalue weighted by Gasteiger charge is -2.02. The number of hydrogen-bond donors (Lipinski definition) is 1. The summed E-state index contributed by atoms with van der Waals surface area (Å²) in [5, 5.41) is 4.54. The van der Waals surface area contributed by atoms with Gasteiger partial charge in [-0.3, -0.25) is 0 Å². The van der Waals surface area contributed by atoms with Crippen molar-refractivity contribution in [3.8, 4) is 0 Å². The molecule has 0 saturated heterocycles. The third-order valence-corrected chi connectivity index (χ3v) is 2.58. The molecule has 78 valence electrons. The van der Waals surface area contributed by atoms with Crippen molar-refractivity contribution in [1.82, 2.24) is 4.98 Å². The van der Waals surface area contributed by atoms with Gasteiger partial charge in [0.15, 0.2) is 0 Å². The fourth-order valence-corrected chi connectivity index (χ4v) is 1.89. The molecule has 0 fully saturated rings. The third-order valence-electron chi connectivity index (χ3n) is 1.75. The number of aryl methyl sites for hydroxylation is 1. The maximum atomic E-state index is 12.8. The fraction of sp³-hybridized carbons (Fsp3) is 0.100. The maximum Gasteiger partial charge on any atom is 0.128 e. The summed E-state index contributed by atoms with van der Waals surface area (Å²) >= 11 is 1.43. The molecular formula is C10H8F2N2S. The molecule has 0 spiro atoms. The Morgan fingerprint density at radius 2 is 1.87 bits per heavy atom. The number of aromatic nitrogens is 1. The summed E-state index contributed by atoms with van der Waals surface area (Å²) in [4.78, 5) is 4.03. The van der Waals surface area contributed by atoms with Crippen LogP contribution in [0.3, 0.4) is 0 Å². The van der Waals surface area contributed by atoms with Crippen LogP contribution in [0.5, 0.6) is 0 Å². The van der Waals surface area contributed by atoms with Crippen LogP contribution < -0.4 is 5.32 Å². The Morgan fingerprint density at radius 3 is 2.40 bits per heavy atom. The lowest BCUT2D eigenvalue weighted by atomic mass is 10.3. The molecule has 5 heteroatoms. The van der Waals surface area contributed by atoms with Crippen molar-refractivity contribution >= 4 is 22.0 Å². The number of rotatable bonds is 2. The molecular weight excluding hydrogens is 218 g/mol. The van der Waals surface area contributed by atoms with E-state index in [1.165, 1.54) is 23.5 Å². The first-order chi connectivity index (χ1) is 7.13. The molecule has 2 nitrogen and oxygen atoms in total. The van der Waals surface area contributed by atoms with Gasteiger partial charge in [-0.05, 0) is 19.1 Å². The predicted molar refractivity (Wildman–Crippen MR) is 56.5 cm³/mol. The Labute approximate surface area is 89.6 Å². The maximum absolute atomic E-state index is 12.8. The van der Waals surface area contributed by atoms with E-state index < -0.39 is 11.6 Å². The number of benzene rings is 1. The van der Waals surface area contributed by atoms with Gasteiger partial charge in [-0.25, -0.2) is 13.8 Å². The molecule has 0 unspecified atom stereocenters. The quantitative estimate of drug-likeness (QED) is 0.848. The van der Waals surface area contributed by atoms with Gasteiger partial charge in [0.2, 0.25) is 0 Å². The van der Waals surface area contributed by atoms with E-state index >= 15 is 0 Å². The number of hydrogen-bond acceptors (Lipinski definition) is 3. The van der Waals surface area contributed by atoms with Crippen LogP contribution in [-0.2, 0) is 0 Å². The van der Waals surface area contributed by atoms with Crippen LogP contribution in [0.1, 0.15) is 5.01 Å². The Bertz CT molecular complexity index is 462. The van der Waals surface area contributed by atoms with E-state index in [2.05, 4.69) is 10.3 Å². The van der Waals surface area contributed by atoms with E-state index in [-0.39, 0.29) is 0 Å². The molecule has 0 aliphatic rings. The van der Waals surface area contributed by atoms with E-state index in [4.69, 9.17) is 0 Å². The Hall–Kier alpha value is -1.49. The molecule has 0 amide bonds. The largest absolute Gasteiger partial charge is 0.346 e. The second kappa shape index (κ2) is 3.94. The molecule has 0 aliphatic carbocycles. The Balaban J connectivity index is 2.24. The van der Waals surface area contributed by atoms with Crippen molar-refractivity contribution in [1.29, 1.82) is 0 Å². The Kier molecular flexibility index (Phi) is 2.64. The standard InChI is InChI=1S/C10H8F2N2S/c1-6-13-5-10(15-6)14-9-3-7(11)2-8(12)4-9/h2-5,14H,1H3. The van der Waals surface area contributed by atoms with Gasteiger partial charge in [0.1, 0.15) is 16.6 Å². The highest BCUT2D eigenvalue weighted by atomic mass is 32.1. The minimum absolute atomic E-state index is 0.385. The van der Waals surface area contributed by atoms with Gasteiger partial charge in [-0.15, -0.1) is 11.3 Å². The van der Waals surface area contributed by atoms with Crippen molar-refractivity contribution in [2.75, 3.05) is 5.32 Å². The lowest BCUT2D eigenvalue weighted by molar-refractivity contribution is 0.584. The number of anilines is 2. The number of nitrogens with one attached hydrogen (secondary N) is 1. The topological polar surface area (TPSA) is 24.9 Å². The van der Waals surface area contributed by atoms with E-state index in [0.29, 0.717) is 5.69 Å². The van der Waals surface area contributed by atoms with E-state index in [1.54, 1.807) is 6.20 Å². The van der Waals surface area contributed by atoms with E-state index in [1.807, 2.05) is 6.92 Å². The van der Waals surface area contributed by atoms with Crippen molar-refractivity contribution < 1.29 is 8.78 Å². The first kappa shape index (κ1) is 10.0. The van der Waals surface area contributed by atoms with Crippen LogP contribution in [0.25, 0.3) is 0 Å². The summed E-state index contributed by atoms with van der Waals surface area (Å²) in [7, 11) is 0.